The van der Waals surface area contributed by atoms with Crippen LogP contribution in [-0.2, 0) is 4.79 Å². The van der Waals surface area contributed by atoms with E-state index in [1.165, 1.54) is 18.2 Å². The number of carbonyl (C=O) groups is 1. The zero-order valence-corrected chi connectivity index (χ0v) is 9.59. The predicted molar refractivity (Wildman–Crippen MR) is 62.0 cm³/mol. The van der Waals surface area contributed by atoms with E-state index in [4.69, 9.17) is 10.4 Å². The van der Waals surface area contributed by atoms with Gasteiger partial charge in [-0.1, -0.05) is 6.07 Å². The SMILES string of the molecule is N#CC(=Cc1ccc(O)c(I)c1)C(=O)O. The van der Waals surface area contributed by atoms with Crippen LogP contribution in [0.3, 0.4) is 0 Å². The third-order valence-electron chi connectivity index (χ3n) is 1.63. The van der Waals surface area contributed by atoms with E-state index < -0.39 is 5.97 Å². The molecule has 0 saturated carbocycles. The molecule has 0 aliphatic rings. The highest BCUT2D eigenvalue weighted by molar-refractivity contribution is 14.1. The third-order valence-corrected chi connectivity index (χ3v) is 2.50. The first kappa shape index (κ1) is 11.5. The van der Waals surface area contributed by atoms with Gasteiger partial charge in [-0.2, -0.15) is 5.26 Å². The highest BCUT2D eigenvalue weighted by Gasteiger charge is 2.06. The van der Waals surface area contributed by atoms with Gasteiger partial charge in [0.05, 0.1) is 3.57 Å². The zero-order valence-electron chi connectivity index (χ0n) is 7.44. The number of rotatable bonds is 2. The Morgan fingerprint density at radius 2 is 2.20 bits per heavy atom. The molecule has 76 valence electrons. The number of aliphatic carboxylic acids is 1. The first-order valence-electron chi connectivity index (χ1n) is 3.88. The van der Waals surface area contributed by atoms with E-state index >= 15 is 0 Å². The van der Waals surface area contributed by atoms with Crippen LogP contribution in [0.1, 0.15) is 5.56 Å². The standard InChI is InChI=1S/C10H6INO3/c11-8-4-6(1-2-9(8)13)3-7(5-12)10(14)15/h1-4,13H,(H,14,15). The molecule has 1 rings (SSSR count). The van der Waals surface area contributed by atoms with Crippen molar-refractivity contribution in [2.24, 2.45) is 0 Å². The van der Waals surface area contributed by atoms with Gasteiger partial charge >= 0.3 is 5.97 Å². The van der Waals surface area contributed by atoms with E-state index in [1.54, 1.807) is 12.1 Å². The van der Waals surface area contributed by atoms with Gasteiger partial charge in [0.2, 0.25) is 0 Å². The average Bonchev–Trinajstić information content (AvgIpc) is 2.19. The third kappa shape index (κ3) is 2.95. The van der Waals surface area contributed by atoms with Crippen LogP contribution in [0.25, 0.3) is 6.08 Å². The van der Waals surface area contributed by atoms with Gasteiger partial charge < -0.3 is 10.2 Å². The number of hydrogen-bond acceptors (Lipinski definition) is 3. The number of halogens is 1. The molecule has 0 fully saturated rings. The summed E-state index contributed by atoms with van der Waals surface area (Å²) in [7, 11) is 0. The fourth-order valence-corrected chi connectivity index (χ4v) is 1.46. The summed E-state index contributed by atoms with van der Waals surface area (Å²) in [6.07, 6.45) is 1.25. The quantitative estimate of drug-likeness (QED) is 0.497. The Morgan fingerprint density at radius 3 is 2.67 bits per heavy atom. The molecule has 0 amide bonds. The second kappa shape index (κ2) is 4.79. The van der Waals surface area contributed by atoms with Crippen molar-refractivity contribution < 1.29 is 15.0 Å². The van der Waals surface area contributed by atoms with Crippen LogP contribution in [0.2, 0.25) is 0 Å². The van der Waals surface area contributed by atoms with E-state index in [0.29, 0.717) is 9.13 Å². The number of aromatic hydroxyl groups is 1. The molecule has 0 saturated heterocycles. The molecule has 5 heteroatoms. The van der Waals surface area contributed by atoms with Crippen LogP contribution in [0.4, 0.5) is 0 Å². The van der Waals surface area contributed by atoms with Crippen LogP contribution in [-0.4, -0.2) is 16.2 Å². The molecule has 0 bridgehead atoms. The van der Waals surface area contributed by atoms with Gasteiger partial charge in [-0.25, -0.2) is 4.79 Å². The fraction of sp³-hybridized carbons (Fsp3) is 0. The van der Waals surface area contributed by atoms with Crippen molar-refractivity contribution in [3.63, 3.8) is 0 Å². The molecule has 2 N–H and O–H groups in total. The summed E-state index contributed by atoms with van der Waals surface area (Å²) in [6, 6.07) is 6.16. The normalized spacial score (nSPS) is 10.8. The highest BCUT2D eigenvalue weighted by Crippen LogP contribution is 2.21. The zero-order chi connectivity index (χ0) is 11.4. The van der Waals surface area contributed by atoms with Crippen LogP contribution < -0.4 is 0 Å². The molecule has 0 spiro atoms. The van der Waals surface area contributed by atoms with Crippen LogP contribution >= 0.6 is 22.6 Å². The number of nitriles is 1. The van der Waals surface area contributed by atoms with E-state index in [-0.39, 0.29) is 11.3 Å². The van der Waals surface area contributed by atoms with Gasteiger partial charge in [-0.15, -0.1) is 0 Å². The maximum absolute atomic E-state index is 10.5. The van der Waals surface area contributed by atoms with Crippen molar-refractivity contribution in [2.45, 2.75) is 0 Å². The van der Waals surface area contributed by atoms with Gasteiger partial charge in [0, 0.05) is 0 Å². The summed E-state index contributed by atoms with van der Waals surface area (Å²) >= 11 is 1.92. The first-order valence-corrected chi connectivity index (χ1v) is 4.96. The monoisotopic (exact) mass is 315 g/mol. The molecular weight excluding hydrogens is 309 g/mol. The second-order valence-corrected chi connectivity index (χ2v) is 3.85. The van der Waals surface area contributed by atoms with Crippen molar-refractivity contribution in [3.8, 4) is 11.8 Å². The maximum atomic E-state index is 10.5. The minimum Gasteiger partial charge on any atom is -0.507 e. The summed E-state index contributed by atoms with van der Waals surface area (Å²) in [5.41, 5.74) is 0.229. The van der Waals surface area contributed by atoms with Gasteiger partial charge in [-0.3, -0.25) is 0 Å². The van der Waals surface area contributed by atoms with E-state index in [0.717, 1.165) is 0 Å². The van der Waals surface area contributed by atoms with Gasteiger partial charge in [0.25, 0.3) is 0 Å². The molecule has 1 aromatic rings. The number of carboxylic acid groups (broad SMARTS) is 1. The average molecular weight is 315 g/mol. The van der Waals surface area contributed by atoms with E-state index in [2.05, 4.69) is 0 Å². The molecule has 4 nitrogen and oxygen atoms in total. The number of hydrogen-bond donors (Lipinski definition) is 2. The van der Waals surface area contributed by atoms with Crippen LogP contribution in [0, 0.1) is 14.9 Å². The number of nitrogens with zero attached hydrogens (tertiary/aromatic N) is 1. The lowest BCUT2D eigenvalue weighted by atomic mass is 10.1. The van der Waals surface area contributed by atoms with Crippen LogP contribution in [0.15, 0.2) is 23.8 Å². The van der Waals surface area contributed by atoms with Gasteiger partial charge in [0.1, 0.15) is 17.4 Å². The lowest BCUT2D eigenvalue weighted by Crippen LogP contribution is -1.97. The molecular formula is C10H6INO3. The molecule has 0 radical (unpaired) electrons. The second-order valence-electron chi connectivity index (χ2n) is 2.69. The Bertz CT molecular complexity index is 474. The molecule has 0 heterocycles. The lowest BCUT2D eigenvalue weighted by Gasteiger charge is -1.98. The lowest BCUT2D eigenvalue weighted by molar-refractivity contribution is -0.132. The molecule has 0 aliphatic carbocycles. The number of phenols is 1. The van der Waals surface area contributed by atoms with Crippen molar-refractivity contribution in [2.75, 3.05) is 0 Å². The molecule has 0 unspecified atom stereocenters. The Kier molecular flexibility index (Phi) is 3.68. The molecule has 0 aliphatic heterocycles. The van der Waals surface area contributed by atoms with Crippen LogP contribution in [0.5, 0.6) is 5.75 Å². The topological polar surface area (TPSA) is 81.3 Å². The maximum Gasteiger partial charge on any atom is 0.346 e. The largest absolute Gasteiger partial charge is 0.507 e. The highest BCUT2D eigenvalue weighted by atomic mass is 127. The fourth-order valence-electron chi connectivity index (χ4n) is 0.921. The van der Waals surface area contributed by atoms with Gasteiger partial charge in [-0.05, 0) is 46.4 Å². The summed E-state index contributed by atoms with van der Waals surface area (Å²) in [5.74, 6) is -1.14. The Labute approximate surface area is 99.6 Å². The van der Waals surface area contributed by atoms with Crippen molar-refractivity contribution in [3.05, 3.63) is 32.9 Å². The molecule has 15 heavy (non-hydrogen) atoms. The Balaban J connectivity index is 3.14. The number of carboxylic acids is 1. The molecule has 1 aromatic carbocycles. The smallest absolute Gasteiger partial charge is 0.346 e. The number of benzene rings is 1. The van der Waals surface area contributed by atoms with Gasteiger partial charge in [0.15, 0.2) is 0 Å². The molecule has 0 atom stereocenters. The first-order chi connectivity index (χ1) is 7.04. The minimum absolute atomic E-state index is 0.126. The Hall–Kier alpha value is -1.55. The van der Waals surface area contributed by atoms with E-state index in [1.807, 2.05) is 22.6 Å². The summed E-state index contributed by atoms with van der Waals surface area (Å²) in [4.78, 5) is 10.5. The van der Waals surface area contributed by atoms with Crippen molar-refractivity contribution >= 4 is 34.6 Å². The van der Waals surface area contributed by atoms with Crippen molar-refractivity contribution in [1.29, 1.82) is 5.26 Å². The minimum atomic E-state index is -1.26. The molecule has 0 aromatic heterocycles. The van der Waals surface area contributed by atoms with E-state index in [9.17, 15) is 9.90 Å². The summed E-state index contributed by atoms with van der Waals surface area (Å²) in [6.45, 7) is 0. The predicted octanol–water partition coefficient (Wildman–Crippen LogP) is 1.99. The van der Waals surface area contributed by atoms with Crippen molar-refractivity contribution in [1.82, 2.24) is 0 Å². The number of phenolic OH excluding ortho intramolecular Hbond substituents is 1. The summed E-state index contributed by atoms with van der Waals surface area (Å²) < 4.78 is 0.601. The summed E-state index contributed by atoms with van der Waals surface area (Å²) in [5, 5.41) is 26.4. The Morgan fingerprint density at radius 1 is 1.53 bits per heavy atom.